The van der Waals surface area contributed by atoms with Crippen LogP contribution in [0.2, 0.25) is 0 Å². The first-order valence-corrected chi connectivity index (χ1v) is 7.48. The summed E-state index contributed by atoms with van der Waals surface area (Å²) in [6.07, 6.45) is 3.39. The second-order valence-corrected chi connectivity index (χ2v) is 5.24. The van der Waals surface area contributed by atoms with Crippen LogP contribution >= 0.6 is 0 Å². The van der Waals surface area contributed by atoms with Crippen molar-refractivity contribution in [3.8, 4) is 11.1 Å². The van der Waals surface area contributed by atoms with E-state index in [0.717, 1.165) is 11.1 Å². The van der Waals surface area contributed by atoms with Gasteiger partial charge in [0.05, 0.1) is 15.5 Å². The molecule has 0 aliphatic carbocycles. The highest BCUT2D eigenvalue weighted by Gasteiger charge is 2.17. The number of rotatable bonds is 8. The molecule has 2 rings (SSSR count). The van der Waals surface area contributed by atoms with Crippen LogP contribution in [0.15, 0.2) is 67.8 Å². The summed E-state index contributed by atoms with van der Waals surface area (Å²) in [6, 6.07) is 10.6. The van der Waals surface area contributed by atoms with Crippen LogP contribution in [0.3, 0.4) is 0 Å². The van der Waals surface area contributed by atoms with Gasteiger partial charge in [-0.2, -0.15) is 0 Å². The molecule has 2 aromatic rings. The monoisotopic (exact) mass is 339 g/mol. The Morgan fingerprint density at radius 2 is 1.40 bits per heavy atom. The molecule has 0 spiro atoms. The summed E-state index contributed by atoms with van der Waals surface area (Å²) in [5, 5.41) is 21.9. The predicted molar refractivity (Wildman–Crippen MR) is 97.8 cm³/mol. The van der Waals surface area contributed by atoms with E-state index in [-0.39, 0.29) is 11.4 Å². The van der Waals surface area contributed by atoms with Gasteiger partial charge in [-0.05, 0) is 23.8 Å². The van der Waals surface area contributed by atoms with E-state index in [0.29, 0.717) is 18.8 Å². The molecule has 0 saturated heterocycles. The summed E-state index contributed by atoms with van der Waals surface area (Å²) < 4.78 is 0. The van der Waals surface area contributed by atoms with Gasteiger partial charge in [0.25, 0.3) is 11.4 Å². The SMILES string of the molecule is C=CCN(CC=C)c1cc([N+](=O)[O-])ccc1-c1ccc([N+](=O)[O-])cc1. The van der Waals surface area contributed by atoms with Gasteiger partial charge in [-0.1, -0.05) is 12.2 Å². The zero-order valence-electron chi connectivity index (χ0n) is 13.5. The highest BCUT2D eigenvalue weighted by atomic mass is 16.6. The average molecular weight is 339 g/mol. The molecule has 0 amide bonds. The summed E-state index contributed by atoms with van der Waals surface area (Å²) >= 11 is 0. The van der Waals surface area contributed by atoms with E-state index in [1.54, 1.807) is 30.4 Å². The molecule has 25 heavy (non-hydrogen) atoms. The molecular weight excluding hydrogens is 322 g/mol. The van der Waals surface area contributed by atoms with E-state index in [1.807, 2.05) is 4.90 Å². The van der Waals surface area contributed by atoms with E-state index >= 15 is 0 Å². The summed E-state index contributed by atoms with van der Waals surface area (Å²) in [4.78, 5) is 22.9. The third-order valence-corrected chi connectivity index (χ3v) is 3.62. The van der Waals surface area contributed by atoms with E-state index in [2.05, 4.69) is 13.2 Å². The molecule has 7 heteroatoms. The molecule has 0 N–H and O–H groups in total. The van der Waals surface area contributed by atoms with Crippen LogP contribution in [0.5, 0.6) is 0 Å². The van der Waals surface area contributed by atoms with E-state index in [9.17, 15) is 20.2 Å². The van der Waals surface area contributed by atoms with Crippen LogP contribution in [0.4, 0.5) is 17.1 Å². The molecule has 0 saturated carbocycles. The van der Waals surface area contributed by atoms with Gasteiger partial charge < -0.3 is 4.90 Å². The Bertz CT molecular complexity index is 806. The molecule has 0 bridgehead atoms. The van der Waals surface area contributed by atoms with Crippen LogP contribution in [0, 0.1) is 20.2 Å². The van der Waals surface area contributed by atoms with Crippen LogP contribution in [0.1, 0.15) is 0 Å². The van der Waals surface area contributed by atoms with Crippen molar-refractivity contribution in [2.75, 3.05) is 18.0 Å². The van der Waals surface area contributed by atoms with E-state index < -0.39 is 9.85 Å². The number of hydrogen-bond acceptors (Lipinski definition) is 5. The Hall–Kier alpha value is -3.48. The van der Waals surface area contributed by atoms with Crippen molar-refractivity contribution < 1.29 is 9.85 Å². The number of nitro benzene ring substituents is 2. The summed E-state index contributed by atoms with van der Waals surface area (Å²) in [5.41, 5.74) is 2.07. The molecule has 0 heterocycles. The third-order valence-electron chi connectivity index (χ3n) is 3.62. The fraction of sp³-hybridized carbons (Fsp3) is 0.111. The van der Waals surface area contributed by atoms with Gasteiger partial charge in [-0.3, -0.25) is 20.2 Å². The average Bonchev–Trinajstić information content (AvgIpc) is 2.61. The van der Waals surface area contributed by atoms with Crippen molar-refractivity contribution in [3.63, 3.8) is 0 Å². The first kappa shape index (κ1) is 17.9. The second kappa shape index (κ2) is 7.87. The van der Waals surface area contributed by atoms with Crippen LogP contribution < -0.4 is 4.90 Å². The molecule has 0 atom stereocenters. The van der Waals surface area contributed by atoms with Gasteiger partial charge in [0, 0.05) is 42.9 Å². The van der Waals surface area contributed by atoms with Crippen molar-refractivity contribution >= 4 is 17.1 Å². The predicted octanol–water partition coefficient (Wildman–Crippen LogP) is 4.35. The summed E-state index contributed by atoms with van der Waals surface area (Å²) in [6.45, 7) is 8.39. The van der Waals surface area contributed by atoms with Crippen molar-refractivity contribution in [3.05, 3.63) is 88.0 Å². The first-order chi connectivity index (χ1) is 12.0. The molecule has 0 fully saturated rings. The quantitative estimate of drug-likeness (QED) is 0.405. The Morgan fingerprint density at radius 3 is 1.88 bits per heavy atom. The molecule has 0 radical (unpaired) electrons. The fourth-order valence-corrected chi connectivity index (χ4v) is 2.48. The molecule has 2 aromatic carbocycles. The van der Waals surface area contributed by atoms with Crippen molar-refractivity contribution in [1.29, 1.82) is 0 Å². The maximum atomic E-state index is 11.1. The van der Waals surface area contributed by atoms with Gasteiger partial charge in [0.15, 0.2) is 0 Å². The van der Waals surface area contributed by atoms with Gasteiger partial charge in [0.1, 0.15) is 0 Å². The summed E-state index contributed by atoms with van der Waals surface area (Å²) in [5.74, 6) is 0. The molecule has 0 aromatic heterocycles. The maximum Gasteiger partial charge on any atom is 0.271 e. The van der Waals surface area contributed by atoms with Crippen LogP contribution in [-0.2, 0) is 0 Å². The molecule has 0 unspecified atom stereocenters. The lowest BCUT2D eigenvalue weighted by Crippen LogP contribution is -2.23. The molecular formula is C18H17N3O4. The van der Waals surface area contributed by atoms with E-state index in [4.69, 9.17) is 0 Å². The number of benzene rings is 2. The minimum Gasteiger partial charge on any atom is -0.363 e. The molecule has 128 valence electrons. The van der Waals surface area contributed by atoms with Crippen LogP contribution in [0.25, 0.3) is 11.1 Å². The Labute approximate surface area is 144 Å². The van der Waals surface area contributed by atoms with Crippen molar-refractivity contribution in [1.82, 2.24) is 0 Å². The highest BCUT2D eigenvalue weighted by Crippen LogP contribution is 2.35. The Morgan fingerprint density at radius 1 is 0.880 bits per heavy atom. The first-order valence-electron chi connectivity index (χ1n) is 7.48. The van der Waals surface area contributed by atoms with Gasteiger partial charge >= 0.3 is 0 Å². The zero-order valence-corrected chi connectivity index (χ0v) is 13.5. The minimum absolute atomic E-state index is 0.0127. The fourth-order valence-electron chi connectivity index (χ4n) is 2.48. The third kappa shape index (κ3) is 4.08. The highest BCUT2D eigenvalue weighted by molar-refractivity contribution is 5.81. The Kier molecular flexibility index (Phi) is 5.62. The maximum absolute atomic E-state index is 11.1. The summed E-state index contributed by atoms with van der Waals surface area (Å²) in [7, 11) is 0. The number of hydrogen-bond donors (Lipinski definition) is 0. The smallest absolute Gasteiger partial charge is 0.271 e. The van der Waals surface area contributed by atoms with Crippen LogP contribution in [-0.4, -0.2) is 22.9 Å². The second-order valence-electron chi connectivity index (χ2n) is 5.24. The molecule has 0 aliphatic rings. The standard InChI is InChI=1S/C18H17N3O4/c1-3-11-19(12-4-2)18-13-16(21(24)25)9-10-17(18)14-5-7-15(8-6-14)20(22)23/h3-10,13H,1-2,11-12H2. The van der Waals surface area contributed by atoms with Crippen molar-refractivity contribution in [2.45, 2.75) is 0 Å². The Balaban J connectivity index is 2.58. The largest absolute Gasteiger partial charge is 0.363 e. The molecule has 0 aliphatic heterocycles. The lowest BCUT2D eigenvalue weighted by molar-refractivity contribution is -0.385. The topological polar surface area (TPSA) is 89.5 Å². The van der Waals surface area contributed by atoms with Gasteiger partial charge in [0.2, 0.25) is 0 Å². The molecule has 7 nitrogen and oxygen atoms in total. The normalized spacial score (nSPS) is 10.1. The zero-order chi connectivity index (χ0) is 18.4. The lowest BCUT2D eigenvalue weighted by Gasteiger charge is -2.24. The van der Waals surface area contributed by atoms with Gasteiger partial charge in [-0.15, -0.1) is 13.2 Å². The van der Waals surface area contributed by atoms with Crippen molar-refractivity contribution in [2.24, 2.45) is 0 Å². The van der Waals surface area contributed by atoms with Gasteiger partial charge in [-0.25, -0.2) is 0 Å². The number of non-ortho nitro benzene ring substituents is 2. The number of nitrogens with zero attached hydrogens (tertiary/aromatic N) is 3. The number of nitro groups is 2. The number of anilines is 1. The minimum atomic E-state index is -0.470. The van der Waals surface area contributed by atoms with E-state index in [1.165, 1.54) is 24.3 Å². The lowest BCUT2D eigenvalue weighted by atomic mass is 10.0.